The van der Waals surface area contributed by atoms with Crippen LogP contribution in [-0.4, -0.2) is 0 Å². The molecule has 1 heterocycles. The van der Waals surface area contributed by atoms with Gasteiger partial charge in [0.1, 0.15) is 5.82 Å². The van der Waals surface area contributed by atoms with Crippen molar-refractivity contribution >= 4 is 27.3 Å². The lowest BCUT2D eigenvalue weighted by Gasteiger charge is -2.15. The van der Waals surface area contributed by atoms with Crippen molar-refractivity contribution in [1.82, 2.24) is 0 Å². The van der Waals surface area contributed by atoms with E-state index in [2.05, 4.69) is 15.9 Å². The SMILES string of the molecule is NC(c1ccc(Br)s1)c1cccc(C(F)(F)F)c1F. The maximum atomic E-state index is 13.9. The van der Waals surface area contributed by atoms with E-state index in [0.717, 1.165) is 9.85 Å². The highest BCUT2D eigenvalue weighted by atomic mass is 79.9. The van der Waals surface area contributed by atoms with Crippen molar-refractivity contribution in [3.05, 3.63) is 55.9 Å². The van der Waals surface area contributed by atoms with Gasteiger partial charge in [-0.05, 0) is 34.1 Å². The first kappa shape index (κ1) is 14.5. The van der Waals surface area contributed by atoms with Crippen LogP contribution in [0.1, 0.15) is 22.0 Å². The second-order valence-electron chi connectivity index (χ2n) is 3.83. The Balaban J connectivity index is 2.46. The molecule has 0 spiro atoms. The van der Waals surface area contributed by atoms with Gasteiger partial charge < -0.3 is 5.73 Å². The fraction of sp³-hybridized carbons (Fsp3) is 0.167. The highest BCUT2D eigenvalue weighted by molar-refractivity contribution is 9.11. The Hall–Kier alpha value is -0.920. The van der Waals surface area contributed by atoms with Crippen molar-refractivity contribution in [2.45, 2.75) is 12.2 Å². The maximum Gasteiger partial charge on any atom is 0.419 e. The summed E-state index contributed by atoms with van der Waals surface area (Å²) in [6, 6.07) is 5.58. The highest BCUT2D eigenvalue weighted by Gasteiger charge is 2.35. The molecule has 0 saturated carbocycles. The predicted octanol–water partition coefficient (Wildman–Crippen LogP) is 4.72. The van der Waals surface area contributed by atoms with Crippen LogP contribution >= 0.6 is 27.3 Å². The molecule has 19 heavy (non-hydrogen) atoms. The molecule has 1 aromatic heterocycles. The third-order valence-electron chi connectivity index (χ3n) is 2.57. The first-order valence-corrected chi connectivity index (χ1v) is 6.78. The van der Waals surface area contributed by atoms with Gasteiger partial charge in [0.15, 0.2) is 0 Å². The Bertz CT molecular complexity index is 594. The monoisotopic (exact) mass is 353 g/mol. The van der Waals surface area contributed by atoms with Crippen LogP contribution < -0.4 is 5.73 Å². The van der Waals surface area contributed by atoms with E-state index in [1.807, 2.05) is 0 Å². The average molecular weight is 354 g/mol. The Labute approximate surface area is 119 Å². The molecule has 0 radical (unpaired) electrons. The quantitative estimate of drug-likeness (QED) is 0.777. The van der Waals surface area contributed by atoms with Gasteiger partial charge >= 0.3 is 6.18 Å². The number of halogens is 5. The molecule has 2 aromatic rings. The minimum Gasteiger partial charge on any atom is -0.320 e. The Morgan fingerprint density at radius 1 is 1.16 bits per heavy atom. The van der Waals surface area contributed by atoms with Crippen LogP contribution in [0.5, 0.6) is 0 Å². The number of rotatable bonds is 2. The van der Waals surface area contributed by atoms with Gasteiger partial charge in [-0.2, -0.15) is 13.2 Å². The summed E-state index contributed by atoms with van der Waals surface area (Å²) in [5, 5.41) is 0. The maximum absolute atomic E-state index is 13.9. The van der Waals surface area contributed by atoms with E-state index in [0.29, 0.717) is 10.9 Å². The van der Waals surface area contributed by atoms with Crippen molar-refractivity contribution in [1.29, 1.82) is 0 Å². The molecule has 0 aliphatic carbocycles. The van der Waals surface area contributed by atoms with Crippen LogP contribution in [0.3, 0.4) is 0 Å². The first-order valence-electron chi connectivity index (χ1n) is 5.17. The fourth-order valence-electron chi connectivity index (χ4n) is 1.66. The van der Waals surface area contributed by atoms with Gasteiger partial charge in [-0.3, -0.25) is 0 Å². The molecule has 2 rings (SSSR count). The van der Waals surface area contributed by atoms with E-state index in [9.17, 15) is 17.6 Å². The number of hydrogen-bond acceptors (Lipinski definition) is 2. The van der Waals surface area contributed by atoms with E-state index in [1.54, 1.807) is 12.1 Å². The Kier molecular flexibility index (Phi) is 3.98. The number of benzene rings is 1. The van der Waals surface area contributed by atoms with Crippen molar-refractivity contribution in [3.8, 4) is 0 Å². The number of hydrogen-bond donors (Lipinski definition) is 1. The van der Waals surface area contributed by atoms with E-state index in [-0.39, 0.29) is 5.56 Å². The molecular weight excluding hydrogens is 346 g/mol. The summed E-state index contributed by atoms with van der Waals surface area (Å²) in [5.74, 6) is -1.31. The van der Waals surface area contributed by atoms with Gasteiger partial charge in [-0.1, -0.05) is 12.1 Å². The summed E-state index contributed by atoms with van der Waals surface area (Å²) >= 11 is 4.48. The van der Waals surface area contributed by atoms with Crippen molar-refractivity contribution < 1.29 is 17.6 Å². The topological polar surface area (TPSA) is 26.0 Å². The van der Waals surface area contributed by atoms with Crippen LogP contribution in [0.15, 0.2) is 34.1 Å². The minimum absolute atomic E-state index is 0.163. The molecule has 0 saturated heterocycles. The molecule has 0 fully saturated rings. The summed E-state index contributed by atoms with van der Waals surface area (Å²) in [6.07, 6.45) is -4.73. The zero-order valence-corrected chi connectivity index (χ0v) is 11.7. The van der Waals surface area contributed by atoms with Gasteiger partial charge in [0.25, 0.3) is 0 Å². The number of nitrogens with two attached hydrogens (primary N) is 1. The van der Waals surface area contributed by atoms with Gasteiger partial charge in [0.2, 0.25) is 0 Å². The van der Waals surface area contributed by atoms with Crippen LogP contribution in [0, 0.1) is 5.82 Å². The molecule has 2 N–H and O–H groups in total. The van der Waals surface area contributed by atoms with Crippen LogP contribution in [-0.2, 0) is 6.18 Å². The Morgan fingerprint density at radius 2 is 1.84 bits per heavy atom. The smallest absolute Gasteiger partial charge is 0.320 e. The van der Waals surface area contributed by atoms with Crippen molar-refractivity contribution in [2.24, 2.45) is 5.73 Å². The van der Waals surface area contributed by atoms with Crippen LogP contribution in [0.2, 0.25) is 0 Å². The Morgan fingerprint density at radius 3 is 2.37 bits per heavy atom. The van der Waals surface area contributed by atoms with E-state index in [4.69, 9.17) is 5.73 Å². The van der Waals surface area contributed by atoms with Crippen LogP contribution in [0.4, 0.5) is 17.6 Å². The zero-order chi connectivity index (χ0) is 14.2. The summed E-state index contributed by atoms with van der Waals surface area (Å²) in [4.78, 5) is 0.588. The summed E-state index contributed by atoms with van der Waals surface area (Å²) in [6.45, 7) is 0. The molecular formula is C12H8BrF4NS. The summed E-state index contributed by atoms with van der Waals surface area (Å²) < 4.78 is 52.5. The molecule has 1 aromatic carbocycles. The lowest BCUT2D eigenvalue weighted by molar-refractivity contribution is -0.140. The average Bonchev–Trinajstić information content (AvgIpc) is 2.74. The number of thiophene rings is 1. The first-order chi connectivity index (χ1) is 8.80. The van der Waals surface area contributed by atoms with Crippen molar-refractivity contribution in [2.75, 3.05) is 0 Å². The van der Waals surface area contributed by atoms with Crippen LogP contribution in [0.25, 0.3) is 0 Å². The zero-order valence-electron chi connectivity index (χ0n) is 9.34. The highest BCUT2D eigenvalue weighted by Crippen LogP contribution is 2.36. The molecule has 7 heteroatoms. The molecule has 1 nitrogen and oxygen atoms in total. The van der Waals surface area contributed by atoms with E-state index >= 15 is 0 Å². The van der Waals surface area contributed by atoms with Gasteiger partial charge in [-0.15, -0.1) is 11.3 Å². The van der Waals surface area contributed by atoms with E-state index < -0.39 is 23.6 Å². The summed E-state index contributed by atoms with van der Waals surface area (Å²) in [5.41, 5.74) is 4.37. The van der Waals surface area contributed by atoms with Gasteiger partial charge in [0.05, 0.1) is 15.4 Å². The van der Waals surface area contributed by atoms with Crippen molar-refractivity contribution in [3.63, 3.8) is 0 Å². The third kappa shape index (κ3) is 2.98. The lowest BCUT2D eigenvalue weighted by atomic mass is 10.0. The second kappa shape index (κ2) is 5.22. The second-order valence-corrected chi connectivity index (χ2v) is 6.32. The number of alkyl halides is 3. The van der Waals surface area contributed by atoms with Gasteiger partial charge in [-0.25, -0.2) is 4.39 Å². The predicted molar refractivity (Wildman–Crippen MR) is 69.5 cm³/mol. The normalized spacial score (nSPS) is 13.6. The van der Waals surface area contributed by atoms with E-state index in [1.165, 1.54) is 17.4 Å². The molecule has 0 aliphatic heterocycles. The van der Waals surface area contributed by atoms with Gasteiger partial charge in [0, 0.05) is 10.4 Å². The fourth-order valence-corrected chi connectivity index (χ4v) is 3.10. The molecule has 102 valence electrons. The molecule has 0 aliphatic rings. The molecule has 1 atom stereocenters. The summed E-state index contributed by atoms with van der Waals surface area (Å²) in [7, 11) is 0. The standard InChI is InChI=1S/C12H8BrF4NS/c13-9-5-4-8(19-9)11(18)6-2-1-3-7(10(6)14)12(15,16)17/h1-5,11H,18H2. The molecule has 0 amide bonds. The largest absolute Gasteiger partial charge is 0.419 e. The molecule has 0 bridgehead atoms. The molecule has 1 unspecified atom stereocenters. The minimum atomic E-state index is -4.73. The lowest BCUT2D eigenvalue weighted by Crippen LogP contribution is -2.16. The third-order valence-corrected chi connectivity index (χ3v) is 4.28.